The van der Waals surface area contributed by atoms with Crippen LogP contribution in [0.2, 0.25) is 10.0 Å². The monoisotopic (exact) mass is 514 g/mol. The third kappa shape index (κ3) is 4.66. The predicted molar refractivity (Wildman–Crippen MR) is 128 cm³/mol. The molecule has 4 rings (SSSR count). The van der Waals surface area contributed by atoms with Crippen molar-refractivity contribution in [3.8, 4) is 17.1 Å². The van der Waals surface area contributed by atoms with E-state index in [-0.39, 0.29) is 5.82 Å². The summed E-state index contributed by atoms with van der Waals surface area (Å²) < 4.78 is 2.53. The van der Waals surface area contributed by atoms with Crippen LogP contribution >= 0.6 is 39.1 Å². The zero-order valence-corrected chi connectivity index (χ0v) is 19.8. The number of rotatable bonds is 4. The zero-order chi connectivity index (χ0) is 22.1. The Morgan fingerprint density at radius 3 is 2.39 bits per heavy atom. The summed E-state index contributed by atoms with van der Waals surface area (Å²) in [6, 6.07) is 18.6. The average Bonchev–Trinajstić information content (AvgIpc) is 3.18. The van der Waals surface area contributed by atoms with Crippen molar-refractivity contribution >= 4 is 50.7 Å². The van der Waals surface area contributed by atoms with E-state index in [1.807, 2.05) is 56.3 Å². The highest BCUT2D eigenvalue weighted by atomic mass is 79.9. The van der Waals surface area contributed by atoms with Gasteiger partial charge in [0.15, 0.2) is 5.82 Å². The van der Waals surface area contributed by atoms with E-state index in [1.54, 1.807) is 22.9 Å². The molecule has 0 unspecified atom stereocenters. The average molecular weight is 516 g/mol. The van der Waals surface area contributed by atoms with Crippen LogP contribution in [0, 0.1) is 13.8 Å². The number of halogens is 3. The van der Waals surface area contributed by atoms with Gasteiger partial charge in [-0.15, -0.1) is 5.10 Å². The molecule has 5 nitrogen and oxygen atoms in total. The lowest BCUT2D eigenvalue weighted by atomic mass is 10.1. The van der Waals surface area contributed by atoms with E-state index in [0.717, 1.165) is 21.2 Å². The predicted octanol–water partition coefficient (Wildman–Crippen LogP) is 6.87. The lowest BCUT2D eigenvalue weighted by Crippen LogP contribution is -2.15. The quantitative estimate of drug-likeness (QED) is 0.322. The first-order valence-corrected chi connectivity index (χ1v) is 10.9. The minimum absolute atomic E-state index is 0.0453. The number of hydrogen-bond acceptors (Lipinski definition) is 3. The third-order valence-corrected chi connectivity index (χ3v) is 5.94. The van der Waals surface area contributed by atoms with Crippen LogP contribution in [0.15, 0.2) is 65.1 Å². The van der Waals surface area contributed by atoms with Gasteiger partial charge in [0.2, 0.25) is 5.82 Å². The number of anilines is 1. The number of benzene rings is 3. The Morgan fingerprint density at radius 2 is 1.71 bits per heavy atom. The van der Waals surface area contributed by atoms with Gasteiger partial charge < -0.3 is 5.32 Å². The van der Waals surface area contributed by atoms with Crippen LogP contribution in [0.4, 0.5) is 5.69 Å². The number of nitrogens with zero attached hydrogens (tertiary/aromatic N) is 3. The first-order chi connectivity index (χ1) is 14.8. The first kappa shape index (κ1) is 21.6. The highest BCUT2D eigenvalue weighted by Crippen LogP contribution is 2.28. The number of amides is 1. The fraction of sp³-hybridized carbons (Fsp3) is 0.0870. The Labute approximate surface area is 198 Å². The maximum Gasteiger partial charge on any atom is 0.295 e. The number of aromatic nitrogens is 3. The summed E-state index contributed by atoms with van der Waals surface area (Å²) in [5.41, 5.74) is 4.20. The van der Waals surface area contributed by atoms with Gasteiger partial charge in [0, 0.05) is 15.7 Å². The molecule has 1 amide bonds. The van der Waals surface area contributed by atoms with Crippen LogP contribution in [0.25, 0.3) is 17.1 Å². The summed E-state index contributed by atoms with van der Waals surface area (Å²) in [5, 5.41) is 8.18. The van der Waals surface area contributed by atoms with Crippen molar-refractivity contribution in [3.63, 3.8) is 0 Å². The summed E-state index contributed by atoms with van der Waals surface area (Å²) in [7, 11) is 0. The van der Waals surface area contributed by atoms with Gasteiger partial charge in [0.25, 0.3) is 5.91 Å². The third-order valence-electron chi connectivity index (χ3n) is 4.70. The SMILES string of the molecule is Cc1ccc(-c2nc(C(=O)Nc3ccc(Br)cc3C)nn2-c2ccc(Cl)c(Cl)c2)cc1. The van der Waals surface area contributed by atoms with E-state index in [9.17, 15) is 4.79 Å². The molecule has 0 atom stereocenters. The van der Waals surface area contributed by atoms with E-state index < -0.39 is 5.91 Å². The molecule has 0 aliphatic carbocycles. The number of carbonyl (C=O) groups excluding carboxylic acids is 1. The summed E-state index contributed by atoms with van der Waals surface area (Å²) in [4.78, 5) is 17.5. The molecule has 0 aliphatic heterocycles. The van der Waals surface area contributed by atoms with Crippen molar-refractivity contribution in [2.24, 2.45) is 0 Å². The second kappa shape index (κ2) is 8.83. The van der Waals surface area contributed by atoms with Crippen LogP contribution in [-0.2, 0) is 0 Å². The van der Waals surface area contributed by atoms with Crippen molar-refractivity contribution in [2.45, 2.75) is 13.8 Å². The molecule has 0 fully saturated rings. The molecular weight excluding hydrogens is 499 g/mol. The molecule has 1 aromatic heterocycles. The van der Waals surface area contributed by atoms with E-state index in [0.29, 0.717) is 27.2 Å². The molecule has 1 heterocycles. The summed E-state index contributed by atoms with van der Waals surface area (Å²) in [6.45, 7) is 3.92. The molecule has 156 valence electrons. The molecule has 0 radical (unpaired) electrons. The number of carbonyl (C=O) groups is 1. The minimum atomic E-state index is -0.405. The topological polar surface area (TPSA) is 59.8 Å². The normalized spacial score (nSPS) is 10.9. The Balaban J connectivity index is 1.77. The fourth-order valence-electron chi connectivity index (χ4n) is 3.04. The van der Waals surface area contributed by atoms with Crippen LogP contribution < -0.4 is 5.32 Å². The Hall–Kier alpha value is -2.67. The van der Waals surface area contributed by atoms with E-state index in [4.69, 9.17) is 23.2 Å². The minimum Gasteiger partial charge on any atom is -0.319 e. The van der Waals surface area contributed by atoms with E-state index >= 15 is 0 Å². The Kier molecular flexibility index (Phi) is 6.14. The highest BCUT2D eigenvalue weighted by molar-refractivity contribution is 9.10. The largest absolute Gasteiger partial charge is 0.319 e. The van der Waals surface area contributed by atoms with Crippen LogP contribution in [0.5, 0.6) is 0 Å². The first-order valence-electron chi connectivity index (χ1n) is 9.39. The van der Waals surface area contributed by atoms with Gasteiger partial charge in [-0.05, 0) is 55.8 Å². The molecule has 3 aromatic carbocycles. The van der Waals surface area contributed by atoms with Gasteiger partial charge in [-0.25, -0.2) is 9.67 Å². The molecule has 4 aromatic rings. The number of aryl methyl sites for hydroxylation is 2. The summed E-state index contributed by atoms with van der Waals surface area (Å²) in [6.07, 6.45) is 0. The second-order valence-corrected chi connectivity index (χ2v) is 8.78. The van der Waals surface area contributed by atoms with Crippen LogP contribution in [-0.4, -0.2) is 20.7 Å². The zero-order valence-electron chi connectivity index (χ0n) is 16.7. The number of nitrogens with one attached hydrogen (secondary N) is 1. The van der Waals surface area contributed by atoms with Gasteiger partial charge in [0.1, 0.15) is 0 Å². The smallest absolute Gasteiger partial charge is 0.295 e. The number of hydrogen-bond donors (Lipinski definition) is 1. The van der Waals surface area contributed by atoms with Crippen molar-refractivity contribution in [1.82, 2.24) is 14.8 Å². The van der Waals surface area contributed by atoms with Crippen molar-refractivity contribution in [3.05, 3.63) is 92.1 Å². The molecule has 0 saturated heterocycles. The molecule has 0 bridgehead atoms. The van der Waals surface area contributed by atoms with Crippen LogP contribution in [0.3, 0.4) is 0 Å². The van der Waals surface area contributed by atoms with E-state index in [2.05, 4.69) is 31.3 Å². The van der Waals surface area contributed by atoms with Crippen molar-refractivity contribution in [1.29, 1.82) is 0 Å². The summed E-state index contributed by atoms with van der Waals surface area (Å²) in [5.74, 6) is 0.164. The fourth-order valence-corrected chi connectivity index (χ4v) is 3.81. The highest BCUT2D eigenvalue weighted by Gasteiger charge is 2.20. The van der Waals surface area contributed by atoms with Gasteiger partial charge in [0.05, 0.1) is 15.7 Å². The van der Waals surface area contributed by atoms with Gasteiger partial charge >= 0.3 is 0 Å². The maximum atomic E-state index is 12.9. The maximum absolute atomic E-state index is 12.9. The second-order valence-electron chi connectivity index (χ2n) is 7.05. The lowest BCUT2D eigenvalue weighted by molar-refractivity contribution is 0.101. The van der Waals surface area contributed by atoms with Crippen molar-refractivity contribution in [2.75, 3.05) is 5.32 Å². The van der Waals surface area contributed by atoms with Gasteiger partial charge in [-0.2, -0.15) is 0 Å². The van der Waals surface area contributed by atoms with Gasteiger partial charge in [-0.1, -0.05) is 69.0 Å². The molecule has 0 spiro atoms. The Morgan fingerprint density at radius 1 is 0.968 bits per heavy atom. The van der Waals surface area contributed by atoms with E-state index in [1.165, 1.54) is 0 Å². The molecule has 8 heteroatoms. The molecule has 0 saturated carbocycles. The summed E-state index contributed by atoms with van der Waals surface area (Å²) >= 11 is 15.7. The lowest BCUT2D eigenvalue weighted by Gasteiger charge is -2.07. The van der Waals surface area contributed by atoms with Crippen molar-refractivity contribution < 1.29 is 4.79 Å². The molecule has 0 aliphatic rings. The molecular formula is C23H17BrCl2N4O. The molecule has 1 N–H and O–H groups in total. The van der Waals surface area contributed by atoms with Gasteiger partial charge in [-0.3, -0.25) is 4.79 Å². The van der Waals surface area contributed by atoms with Crippen LogP contribution in [0.1, 0.15) is 21.7 Å². The molecule has 31 heavy (non-hydrogen) atoms. The standard InChI is InChI=1S/C23H17BrCl2N4O/c1-13-3-5-15(6-4-13)22-28-21(23(31)27-20-10-7-16(24)11-14(20)2)29-30(22)17-8-9-18(25)19(26)12-17/h3-12H,1-2H3,(H,27,31). The Bertz CT molecular complexity index is 1290.